The van der Waals surface area contributed by atoms with E-state index in [9.17, 15) is 4.79 Å². The van der Waals surface area contributed by atoms with Crippen molar-refractivity contribution in [1.82, 2.24) is 9.78 Å². The minimum Gasteiger partial charge on any atom is -0.288 e. The van der Waals surface area contributed by atoms with E-state index in [4.69, 9.17) is 0 Å². The highest BCUT2D eigenvalue weighted by molar-refractivity contribution is 6.10. The lowest BCUT2D eigenvalue weighted by atomic mass is 9.96. The monoisotopic (exact) mass is 279 g/mol. The SMILES string of the molecule is Cn1nccc1N1Cc2c(cccc2C2=CCCC2)C1=O. The predicted octanol–water partition coefficient (Wildman–Crippen LogP) is 3.15. The van der Waals surface area contributed by atoms with Gasteiger partial charge in [-0.1, -0.05) is 18.2 Å². The van der Waals surface area contributed by atoms with E-state index in [1.54, 1.807) is 10.9 Å². The van der Waals surface area contributed by atoms with Crippen LogP contribution < -0.4 is 4.90 Å². The average Bonchev–Trinajstić information content (AvgIpc) is 3.20. The van der Waals surface area contributed by atoms with Gasteiger partial charge in [0.25, 0.3) is 5.91 Å². The van der Waals surface area contributed by atoms with Crippen molar-refractivity contribution in [1.29, 1.82) is 0 Å². The van der Waals surface area contributed by atoms with E-state index in [0.29, 0.717) is 6.54 Å². The third-order valence-electron chi connectivity index (χ3n) is 4.43. The number of hydrogen-bond donors (Lipinski definition) is 0. The second-order valence-corrected chi connectivity index (χ2v) is 5.66. The lowest BCUT2D eigenvalue weighted by molar-refractivity contribution is 0.0995. The van der Waals surface area contributed by atoms with E-state index < -0.39 is 0 Å². The predicted molar refractivity (Wildman–Crippen MR) is 82.0 cm³/mol. The molecule has 106 valence electrons. The summed E-state index contributed by atoms with van der Waals surface area (Å²) in [6.07, 6.45) is 7.53. The molecule has 0 radical (unpaired) electrons. The molecule has 21 heavy (non-hydrogen) atoms. The van der Waals surface area contributed by atoms with Crippen molar-refractivity contribution in [3.63, 3.8) is 0 Å². The fourth-order valence-corrected chi connectivity index (χ4v) is 3.37. The molecule has 4 heteroatoms. The fourth-order valence-electron chi connectivity index (χ4n) is 3.37. The van der Waals surface area contributed by atoms with Crippen LogP contribution in [0.5, 0.6) is 0 Å². The number of benzene rings is 1. The van der Waals surface area contributed by atoms with Crippen molar-refractivity contribution in [2.24, 2.45) is 7.05 Å². The first-order valence-electron chi connectivity index (χ1n) is 7.37. The number of allylic oxidation sites excluding steroid dienone is 2. The number of amides is 1. The molecule has 0 unspecified atom stereocenters. The molecule has 0 fully saturated rings. The van der Waals surface area contributed by atoms with Crippen molar-refractivity contribution in [3.8, 4) is 0 Å². The Balaban J connectivity index is 1.79. The number of nitrogens with zero attached hydrogens (tertiary/aromatic N) is 3. The van der Waals surface area contributed by atoms with E-state index in [1.165, 1.54) is 17.6 Å². The summed E-state index contributed by atoms with van der Waals surface area (Å²) in [6, 6.07) is 7.97. The highest BCUT2D eigenvalue weighted by atomic mass is 16.2. The highest BCUT2D eigenvalue weighted by Gasteiger charge is 2.32. The minimum atomic E-state index is 0.0778. The lowest BCUT2D eigenvalue weighted by Crippen LogP contribution is -2.25. The van der Waals surface area contributed by atoms with Gasteiger partial charge in [0.15, 0.2) is 0 Å². The van der Waals surface area contributed by atoms with Crippen LogP contribution in [-0.4, -0.2) is 15.7 Å². The number of rotatable bonds is 2. The molecule has 0 saturated heterocycles. The largest absolute Gasteiger partial charge is 0.288 e. The summed E-state index contributed by atoms with van der Waals surface area (Å²) in [5.74, 6) is 0.927. The van der Waals surface area contributed by atoms with Gasteiger partial charge in [-0.3, -0.25) is 14.4 Å². The van der Waals surface area contributed by atoms with Gasteiger partial charge in [-0.2, -0.15) is 5.10 Å². The van der Waals surface area contributed by atoms with Gasteiger partial charge in [0, 0.05) is 18.7 Å². The Hall–Kier alpha value is -2.36. The van der Waals surface area contributed by atoms with E-state index in [2.05, 4.69) is 17.2 Å². The van der Waals surface area contributed by atoms with E-state index in [1.807, 2.05) is 30.1 Å². The van der Waals surface area contributed by atoms with Crippen LogP contribution in [0.25, 0.3) is 5.57 Å². The van der Waals surface area contributed by atoms with Crippen LogP contribution in [0, 0.1) is 0 Å². The molecule has 0 spiro atoms. The van der Waals surface area contributed by atoms with Gasteiger partial charge in [0.1, 0.15) is 5.82 Å². The Morgan fingerprint density at radius 2 is 2.05 bits per heavy atom. The first-order valence-corrected chi connectivity index (χ1v) is 7.37. The number of anilines is 1. The molecular formula is C17H17N3O. The zero-order valence-corrected chi connectivity index (χ0v) is 12.0. The van der Waals surface area contributed by atoms with Crippen molar-refractivity contribution in [3.05, 3.63) is 53.2 Å². The second-order valence-electron chi connectivity index (χ2n) is 5.66. The first-order chi connectivity index (χ1) is 10.3. The molecule has 1 aliphatic heterocycles. The van der Waals surface area contributed by atoms with Gasteiger partial charge in [-0.25, -0.2) is 0 Å². The van der Waals surface area contributed by atoms with E-state index >= 15 is 0 Å². The first kappa shape index (κ1) is 12.4. The maximum absolute atomic E-state index is 12.7. The Labute approximate surface area is 123 Å². The van der Waals surface area contributed by atoms with Crippen molar-refractivity contribution in [2.75, 3.05) is 4.90 Å². The van der Waals surface area contributed by atoms with Crippen molar-refractivity contribution in [2.45, 2.75) is 25.8 Å². The zero-order chi connectivity index (χ0) is 14.4. The molecule has 4 rings (SSSR count). The smallest absolute Gasteiger partial charge is 0.260 e. The summed E-state index contributed by atoms with van der Waals surface area (Å²) >= 11 is 0. The molecule has 2 aromatic rings. The van der Waals surface area contributed by atoms with E-state index in [0.717, 1.165) is 29.8 Å². The molecule has 0 bridgehead atoms. The van der Waals surface area contributed by atoms with Crippen LogP contribution >= 0.6 is 0 Å². The number of aryl methyl sites for hydroxylation is 1. The summed E-state index contributed by atoms with van der Waals surface area (Å²) in [5.41, 5.74) is 4.65. The average molecular weight is 279 g/mol. The standard InChI is InChI=1S/C17H17N3O/c1-19-16(9-10-18-19)20-11-15-13(12-5-2-3-6-12)7-4-8-14(15)17(20)21/h4-5,7-10H,2-3,6,11H2,1H3. The van der Waals surface area contributed by atoms with Gasteiger partial charge >= 0.3 is 0 Å². The molecule has 1 aliphatic carbocycles. The van der Waals surface area contributed by atoms with Crippen LogP contribution in [0.1, 0.15) is 40.7 Å². The summed E-state index contributed by atoms with van der Waals surface area (Å²) < 4.78 is 1.75. The maximum Gasteiger partial charge on any atom is 0.260 e. The molecule has 0 saturated carbocycles. The minimum absolute atomic E-state index is 0.0778. The van der Waals surface area contributed by atoms with Crippen molar-refractivity contribution < 1.29 is 4.79 Å². The Morgan fingerprint density at radius 3 is 2.76 bits per heavy atom. The van der Waals surface area contributed by atoms with Gasteiger partial charge < -0.3 is 0 Å². The Kier molecular flexibility index (Phi) is 2.70. The quantitative estimate of drug-likeness (QED) is 0.847. The summed E-state index contributed by atoms with van der Waals surface area (Å²) in [5, 5.41) is 4.17. The summed E-state index contributed by atoms with van der Waals surface area (Å²) in [6.45, 7) is 0.640. The number of fused-ring (bicyclic) bond motifs is 1. The number of carbonyl (C=O) groups excluding carboxylic acids is 1. The zero-order valence-electron chi connectivity index (χ0n) is 12.0. The number of carbonyl (C=O) groups is 1. The Morgan fingerprint density at radius 1 is 1.19 bits per heavy atom. The molecular weight excluding hydrogens is 262 g/mol. The molecule has 0 N–H and O–H groups in total. The molecule has 1 aromatic heterocycles. The van der Waals surface area contributed by atoms with Crippen LogP contribution in [-0.2, 0) is 13.6 Å². The normalized spacial score (nSPS) is 17.3. The molecule has 0 atom stereocenters. The fraction of sp³-hybridized carbons (Fsp3) is 0.294. The molecule has 2 aliphatic rings. The molecule has 2 heterocycles. The highest BCUT2D eigenvalue weighted by Crippen LogP contribution is 2.36. The second kappa shape index (κ2) is 4.58. The third kappa shape index (κ3) is 1.82. The van der Waals surface area contributed by atoms with Gasteiger partial charge in [-0.05, 0) is 42.0 Å². The molecule has 1 aromatic carbocycles. The van der Waals surface area contributed by atoms with Gasteiger partial charge in [0.05, 0.1) is 12.7 Å². The Bertz CT molecular complexity index is 757. The third-order valence-corrected chi connectivity index (χ3v) is 4.43. The lowest BCUT2D eigenvalue weighted by Gasteiger charge is -2.15. The van der Waals surface area contributed by atoms with Crippen molar-refractivity contribution >= 4 is 17.3 Å². The van der Waals surface area contributed by atoms with Crippen LogP contribution in [0.15, 0.2) is 36.5 Å². The van der Waals surface area contributed by atoms with Gasteiger partial charge in [0.2, 0.25) is 0 Å². The van der Waals surface area contributed by atoms with Crippen LogP contribution in [0.4, 0.5) is 5.82 Å². The van der Waals surface area contributed by atoms with Crippen LogP contribution in [0.3, 0.4) is 0 Å². The number of hydrogen-bond acceptors (Lipinski definition) is 2. The summed E-state index contributed by atoms with van der Waals surface area (Å²) in [7, 11) is 1.87. The summed E-state index contributed by atoms with van der Waals surface area (Å²) in [4.78, 5) is 14.5. The van der Waals surface area contributed by atoms with Gasteiger partial charge in [-0.15, -0.1) is 0 Å². The number of aromatic nitrogens is 2. The van der Waals surface area contributed by atoms with E-state index in [-0.39, 0.29) is 5.91 Å². The maximum atomic E-state index is 12.7. The topological polar surface area (TPSA) is 38.1 Å². The molecule has 4 nitrogen and oxygen atoms in total. The molecule has 1 amide bonds. The van der Waals surface area contributed by atoms with Crippen LogP contribution in [0.2, 0.25) is 0 Å².